The number of amides is 1. The molecule has 180 valence electrons. The average Bonchev–Trinajstić information content (AvgIpc) is 2.83. The molecule has 1 fully saturated rings. The Morgan fingerprint density at radius 3 is 2.39 bits per heavy atom. The number of hydrogen-bond acceptors (Lipinski definition) is 5. The highest BCUT2D eigenvalue weighted by molar-refractivity contribution is 7.99. The van der Waals surface area contributed by atoms with Crippen LogP contribution in [0.25, 0.3) is 0 Å². The molecule has 6 nitrogen and oxygen atoms in total. The van der Waals surface area contributed by atoms with Gasteiger partial charge in [0.15, 0.2) is 0 Å². The van der Waals surface area contributed by atoms with Crippen molar-refractivity contribution >= 4 is 45.0 Å². The molecule has 0 bridgehead atoms. The number of methoxy groups -OCH3 is 1. The number of thioether (sulfide) groups is 1. The van der Waals surface area contributed by atoms with E-state index in [-0.39, 0.29) is 17.3 Å². The molecule has 0 radical (unpaired) electrons. The molecule has 0 heterocycles. The molecule has 1 aliphatic rings. The van der Waals surface area contributed by atoms with Crippen LogP contribution in [0.4, 0.5) is 5.69 Å². The number of rotatable bonds is 11. The maximum Gasteiger partial charge on any atom is 0.264 e. The van der Waals surface area contributed by atoms with Crippen molar-refractivity contribution in [1.29, 1.82) is 0 Å². The van der Waals surface area contributed by atoms with Crippen LogP contribution in [0.15, 0.2) is 53.4 Å². The molecular weight excluding hydrogens is 480 g/mol. The van der Waals surface area contributed by atoms with Crippen LogP contribution in [-0.4, -0.2) is 45.5 Å². The highest BCUT2D eigenvalue weighted by Gasteiger charge is 2.27. The van der Waals surface area contributed by atoms with E-state index >= 15 is 0 Å². The number of carbonyl (C=O) groups is 1. The van der Waals surface area contributed by atoms with Gasteiger partial charge in [-0.3, -0.25) is 9.10 Å². The molecule has 1 aliphatic carbocycles. The largest absolute Gasteiger partial charge is 0.497 e. The molecule has 0 aliphatic heterocycles. The number of halogens is 1. The molecule has 0 saturated heterocycles. The number of hydrogen-bond donors (Lipinski definition) is 1. The number of benzene rings is 2. The van der Waals surface area contributed by atoms with Gasteiger partial charge in [0, 0.05) is 16.8 Å². The summed E-state index contributed by atoms with van der Waals surface area (Å²) in [6.45, 7) is 0.210. The van der Waals surface area contributed by atoms with E-state index in [1.165, 1.54) is 51.3 Å². The summed E-state index contributed by atoms with van der Waals surface area (Å²) in [7, 11) is -2.45. The van der Waals surface area contributed by atoms with Crippen molar-refractivity contribution in [3.05, 3.63) is 53.6 Å². The number of carbonyl (C=O) groups excluding carboxylic acids is 1. The summed E-state index contributed by atoms with van der Waals surface area (Å²) in [6, 6.07) is 12.5. The molecule has 3 rings (SSSR count). The van der Waals surface area contributed by atoms with Crippen LogP contribution < -0.4 is 14.4 Å². The van der Waals surface area contributed by atoms with Crippen molar-refractivity contribution in [2.45, 2.75) is 48.7 Å². The maximum atomic E-state index is 13.4. The van der Waals surface area contributed by atoms with E-state index < -0.39 is 10.0 Å². The summed E-state index contributed by atoms with van der Waals surface area (Å²) < 4.78 is 33.0. The summed E-state index contributed by atoms with van der Waals surface area (Å²) in [5.74, 6) is 1.20. The Labute approximate surface area is 206 Å². The van der Waals surface area contributed by atoms with Crippen molar-refractivity contribution in [1.82, 2.24) is 5.32 Å². The highest BCUT2D eigenvalue weighted by Crippen LogP contribution is 2.28. The third-order valence-electron chi connectivity index (χ3n) is 5.60. The number of sulfonamides is 1. The zero-order valence-electron chi connectivity index (χ0n) is 18.8. The molecule has 1 saturated carbocycles. The monoisotopic (exact) mass is 510 g/mol. The molecule has 9 heteroatoms. The fraction of sp³-hybridized carbons (Fsp3) is 0.458. The summed E-state index contributed by atoms with van der Waals surface area (Å²) in [5.41, 5.74) is 0.373. The molecule has 0 aromatic heterocycles. The third kappa shape index (κ3) is 7.55. The van der Waals surface area contributed by atoms with Gasteiger partial charge in [0.05, 0.1) is 17.7 Å². The van der Waals surface area contributed by atoms with E-state index in [4.69, 9.17) is 16.3 Å². The van der Waals surface area contributed by atoms with Gasteiger partial charge in [0.1, 0.15) is 12.3 Å². The fourth-order valence-electron chi connectivity index (χ4n) is 3.77. The summed E-state index contributed by atoms with van der Waals surface area (Å²) >= 11 is 7.96. The molecule has 1 N–H and O–H groups in total. The lowest BCUT2D eigenvalue weighted by molar-refractivity contribution is -0.119. The van der Waals surface area contributed by atoms with E-state index in [1.807, 2.05) is 11.8 Å². The van der Waals surface area contributed by atoms with Gasteiger partial charge in [0.25, 0.3) is 10.0 Å². The van der Waals surface area contributed by atoms with E-state index in [0.29, 0.717) is 23.0 Å². The Morgan fingerprint density at radius 1 is 1.09 bits per heavy atom. The predicted octanol–water partition coefficient (Wildman–Crippen LogP) is 5.12. The molecule has 1 amide bonds. The first kappa shape index (κ1) is 25.7. The van der Waals surface area contributed by atoms with Crippen LogP contribution in [0.1, 0.15) is 38.5 Å². The Morgan fingerprint density at radius 2 is 1.76 bits per heavy atom. The van der Waals surface area contributed by atoms with Gasteiger partial charge in [-0.2, -0.15) is 11.8 Å². The van der Waals surface area contributed by atoms with E-state index in [2.05, 4.69) is 5.32 Å². The zero-order valence-corrected chi connectivity index (χ0v) is 21.2. The van der Waals surface area contributed by atoms with Crippen LogP contribution in [0.5, 0.6) is 5.75 Å². The minimum absolute atomic E-state index is 0.0786. The Hall–Kier alpha value is -1.90. The number of nitrogens with zero attached hydrogens (tertiary/aromatic N) is 1. The Kier molecular flexibility index (Phi) is 9.77. The first-order valence-electron chi connectivity index (χ1n) is 11.2. The van der Waals surface area contributed by atoms with Gasteiger partial charge in [-0.05, 0) is 73.5 Å². The lowest BCUT2D eigenvalue weighted by atomic mass is 10.0. The van der Waals surface area contributed by atoms with Crippen LogP contribution in [0.2, 0.25) is 5.02 Å². The van der Waals surface area contributed by atoms with Crippen LogP contribution in [-0.2, 0) is 14.8 Å². The van der Waals surface area contributed by atoms with Crippen LogP contribution in [0, 0.1) is 0 Å². The van der Waals surface area contributed by atoms with Crippen molar-refractivity contribution in [2.24, 2.45) is 0 Å². The number of nitrogens with one attached hydrogen (secondary N) is 1. The lowest BCUT2D eigenvalue weighted by Gasteiger charge is -2.24. The topological polar surface area (TPSA) is 75.7 Å². The van der Waals surface area contributed by atoms with Gasteiger partial charge >= 0.3 is 0 Å². The number of ether oxygens (including phenoxy) is 1. The normalized spacial score (nSPS) is 14.6. The minimum Gasteiger partial charge on any atom is -0.497 e. The van der Waals surface area contributed by atoms with E-state index in [9.17, 15) is 13.2 Å². The van der Waals surface area contributed by atoms with Crippen molar-refractivity contribution in [2.75, 3.05) is 30.3 Å². The predicted molar refractivity (Wildman–Crippen MR) is 136 cm³/mol. The highest BCUT2D eigenvalue weighted by atomic mass is 35.5. The third-order valence-corrected chi connectivity index (χ3v) is 9.11. The van der Waals surface area contributed by atoms with Gasteiger partial charge in [-0.1, -0.05) is 30.9 Å². The van der Waals surface area contributed by atoms with E-state index in [0.717, 1.165) is 21.7 Å². The first-order valence-corrected chi connectivity index (χ1v) is 14.1. The standard InChI is InChI=1S/C24H31ClN2O4S2/c1-31-21-12-14-23(15-13-21)33(29,30)27(20-10-8-19(25)9-11-20)18-24(28)26-16-5-17-32-22-6-3-2-4-7-22/h8-15,22H,2-7,16-18H2,1H3,(H,26,28). The lowest BCUT2D eigenvalue weighted by Crippen LogP contribution is -2.41. The van der Waals surface area contributed by atoms with Gasteiger partial charge in [0.2, 0.25) is 5.91 Å². The molecule has 2 aromatic carbocycles. The van der Waals surface area contributed by atoms with Crippen molar-refractivity contribution in [3.63, 3.8) is 0 Å². The molecule has 0 spiro atoms. The van der Waals surface area contributed by atoms with Crippen LogP contribution >= 0.6 is 23.4 Å². The van der Waals surface area contributed by atoms with Gasteiger partial charge < -0.3 is 10.1 Å². The fourth-order valence-corrected chi connectivity index (χ4v) is 6.62. The zero-order chi connectivity index (χ0) is 23.7. The van der Waals surface area contributed by atoms with Gasteiger partial charge in [-0.15, -0.1) is 0 Å². The van der Waals surface area contributed by atoms with Crippen LogP contribution in [0.3, 0.4) is 0 Å². The molecule has 0 unspecified atom stereocenters. The molecular formula is C24H31ClN2O4S2. The molecule has 2 aromatic rings. The molecule has 0 atom stereocenters. The second-order valence-corrected chi connectivity index (χ2v) is 11.7. The summed E-state index contributed by atoms with van der Waals surface area (Å²) in [4.78, 5) is 12.7. The quantitative estimate of drug-likeness (QED) is 0.425. The smallest absolute Gasteiger partial charge is 0.264 e. The average molecular weight is 511 g/mol. The summed E-state index contributed by atoms with van der Waals surface area (Å²) in [5, 5.41) is 4.10. The second-order valence-electron chi connectivity index (χ2n) is 8.00. The Balaban J connectivity index is 1.62. The second kappa shape index (κ2) is 12.5. The first-order chi connectivity index (χ1) is 15.9. The SMILES string of the molecule is COc1ccc(S(=O)(=O)N(CC(=O)NCCCSC2CCCCC2)c2ccc(Cl)cc2)cc1. The molecule has 33 heavy (non-hydrogen) atoms. The van der Waals surface area contributed by atoms with E-state index in [1.54, 1.807) is 36.4 Å². The Bertz CT molecular complexity index is 992. The maximum absolute atomic E-state index is 13.4. The van der Waals surface area contributed by atoms with Crippen molar-refractivity contribution in [3.8, 4) is 5.75 Å². The van der Waals surface area contributed by atoms with Crippen molar-refractivity contribution < 1.29 is 17.9 Å². The number of anilines is 1. The summed E-state index contributed by atoms with van der Waals surface area (Å²) in [6.07, 6.45) is 7.41. The minimum atomic E-state index is -3.97. The van der Waals surface area contributed by atoms with Gasteiger partial charge in [-0.25, -0.2) is 8.42 Å².